The molecule has 0 saturated carbocycles. The number of ether oxygens (including phenoxy) is 2. The second-order valence-electron chi connectivity index (χ2n) is 4.39. The highest BCUT2D eigenvalue weighted by atomic mass is 35.7. The zero-order valence-electron chi connectivity index (χ0n) is 10.7. The summed E-state index contributed by atoms with van der Waals surface area (Å²) in [6.07, 6.45) is 0.769. The van der Waals surface area contributed by atoms with Crippen molar-refractivity contribution in [3.05, 3.63) is 5.82 Å². The first-order chi connectivity index (χ1) is 8.95. The Hall–Kier alpha value is -0.700. The molecule has 0 radical (unpaired) electrons. The Balaban J connectivity index is 2.40. The topological polar surface area (TPSA) is 83.3 Å². The van der Waals surface area contributed by atoms with Crippen LogP contribution in [0.2, 0.25) is 0 Å². The minimum Gasteiger partial charge on any atom is -0.383 e. The summed E-state index contributed by atoms with van der Waals surface area (Å²) in [4.78, 5) is 0. The summed E-state index contributed by atoms with van der Waals surface area (Å²) in [7, 11) is 2.99. The lowest BCUT2D eigenvalue weighted by Crippen LogP contribution is -2.19. The van der Waals surface area contributed by atoms with E-state index in [4.69, 9.17) is 20.2 Å². The molecular formula is C10H16ClN3O4S. The Labute approximate surface area is 116 Å². The number of methoxy groups -OCH3 is 1. The SMILES string of the molecule is COCCn1c(C2CCOC2C)nnc1S(=O)(=O)Cl. The quantitative estimate of drug-likeness (QED) is 0.746. The van der Waals surface area contributed by atoms with Gasteiger partial charge in [-0.25, -0.2) is 8.42 Å². The fourth-order valence-corrected chi connectivity index (χ4v) is 3.15. The third kappa shape index (κ3) is 3.07. The van der Waals surface area contributed by atoms with Crippen LogP contribution in [0.15, 0.2) is 5.16 Å². The third-order valence-corrected chi connectivity index (χ3v) is 4.34. The predicted octanol–water partition coefficient (Wildman–Crippen LogP) is 0.744. The summed E-state index contributed by atoms with van der Waals surface area (Å²) in [5.74, 6) is 0.609. The van der Waals surface area contributed by atoms with Gasteiger partial charge in [-0.2, -0.15) is 0 Å². The molecule has 0 spiro atoms. The summed E-state index contributed by atoms with van der Waals surface area (Å²) in [6, 6.07) is 0. The fourth-order valence-electron chi connectivity index (χ4n) is 2.22. The van der Waals surface area contributed by atoms with Gasteiger partial charge in [0.15, 0.2) is 0 Å². The molecule has 108 valence electrons. The highest BCUT2D eigenvalue weighted by molar-refractivity contribution is 8.13. The molecule has 2 rings (SSSR count). The first kappa shape index (κ1) is 14.7. The van der Waals surface area contributed by atoms with Crippen LogP contribution in [0.25, 0.3) is 0 Å². The molecule has 1 fully saturated rings. The molecule has 9 heteroatoms. The Morgan fingerprint density at radius 1 is 1.53 bits per heavy atom. The van der Waals surface area contributed by atoms with E-state index in [9.17, 15) is 8.42 Å². The second kappa shape index (κ2) is 5.74. The van der Waals surface area contributed by atoms with Crippen molar-refractivity contribution >= 4 is 19.7 Å². The molecule has 7 nitrogen and oxygen atoms in total. The van der Waals surface area contributed by atoms with Crippen molar-refractivity contribution in [2.24, 2.45) is 0 Å². The van der Waals surface area contributed by atoms with Crippen molar-refractivity contribution < 1.29 is 17.9 Å². The van der Waals surface area contributed by atoms with E-state index < -0.39 is 9.05 Å². The first-order valence-electron chi connectivity index (χ1n) is 5.93. The Morgan fingerprint density at radius 3 is 2.79 bits per heavy atom. The Kier molecular flexibility index (Phi) is 4.44. The van der Waals surface area contributed by atoms with Crippen molar-refractivity contribution in [1.29, 1.82) is 0 Å². The maximum absolute atomic E-state index is 11.5. The van der Waals surface area contributed by atoms with Crippen molar-refractivity contribution in [1.82, 2.24) is 14.8 Å². The molecule has 2 unspecified atom stereocenters. The van der Waals surface area contributed by atoms with Gasteiger partial charge in [0.05, 0.1) is 12.7 Å². The number of nitrogens with zero attached hydrogens (tertiary/aromatic N) is 3. The average molecular weight is 310 g/mol. The molecule has 2 atom stereocenters. The van der Waals surface area contributed by atoms with Crippen molar-refractivity contribution in [2.45, 2.75) is 37.1 Å². The van der Waals surface area contributed by atoms with Gasteiger partial charge in [0.2, 0.25) is 0 Å². The lowest BCUT2D eigenvalue weighted by Gasteiger charge is -2.15. The molecule has 1 aliphatic rings. The van der Waals surface area contributed by atoms with E-state index in [2.05, 4.69) is 10.2 Å². The summed E-state index contributed by atoms with van der Waals surface area (Å²) in [5, 5.41) is 7.45. The lowest BCUT2D eigenvalue weighted by molar-refractivity contribution is 0.116. The Bertz CT molecular complexity index is 545. The second-order valence-corrected chi connectivity index (χ2v) is 6.85. The maximum atomic E-state index is 11.5. The molecule has 0 bridgehead atoms. The summed E-state index contributed by atoms with van der Waals surface area (Å²) < 4.78 is 35.0. The minimum absolute atomic E-state index is 0.0172. The first-order valence-corrected chi connectivity index (χ1v) is 8.24. The van der Waals surface area contributed by atoms with Crippen LogP contribution < -0.4 is 0 Å². The molecule has 19 heavy (non-hydrogen) atoms. The van der Waals surface area contributed by atoms with E-state index in [1.54, 1.807) is 7.11 Å². The van der Waals surface area contributed by atoms with Crippen molar-refractivity contribution in [2.75, 3.05) is 20.3 Å². The standard InChI is InChI=1S/C10H16ClN3O4S/c1-7-8(3-5-18-7)9-12-13-10(19(11,15)16)14(9)4-6-17-2/h7-8H,3-6H2,1-2H3. The minimum atomic E-state index is -3.92. The van der Waals surface area contributed by atoms with Gasteiger partial charge in [0.1, 0.15) is 5.82 Å². The molecule has 0 aliphatic carbocycles. The number of hydrogen-bond acceptors (Lipinski definition) is 6. The van der Waals surface area contributed by atoms with Gasteiger partial charge in [0.25, 0.3) is 14.2 Å². The monoisotopic (exact) mass is 309 g/mol. The van der Waals surface area contributed by atoms with Gasteiger partial charge < -0.3 is 9.47 Å². The molecule has 1 saturated heterocycles. The summed E-state index contributed by atoms with van der Waals surface area (Å²) in [6.45, 7) is 3.25. The van der Waals surface area contributed by atoms with E-state index in [1.807, 2.05) is 6.92 Å². The number of halogens is 1. The van der Waals surface area contributed by atoms with E-state index in [-0.39, 0.29) is 17.2 Å². The number of hydrogen-bond donors (Lipinski definition) is 0. The van der Waals surface area contributed by atoms with Crippen molar-refractivity contribution in [3.63, 3.8) is 0 Å². The van der Waals surface area contributed by atoms with Gasteiger partial charge in [-0.15, -0.1) is 10.2 Å². The van der Waals surface area contributed by atoms with Gasteiger partial charge in [-0.1, -0.05) is 0 Å². The van der Waals surface area contributed by atoms with Crippen LogP contribution in [0, 0.1) is 0 Å². The smallest absolute Gasteiger partial charge is 0.296 e. The van der Waals surface area contributed by atoms with Gasteiger partial charge in [0, 0.05) is 36.9 Å². The van der Waals surface area contributed by atoms with Crippen LogP contribution in [0.1, 0.15) is 25.1 Å². The zero-order chi connectivity index (χ0) is 14.0. The fraction of sp³-hybridized carbons (Fsp3) is 0.800. The predicted molar refractivity (Wildman–Crippen MR) is 67.7 cm³/mol. The van der Waals surface area contributed by atoms with Crippen LogP contribution in [0.4, 0.5) is 0 Å². The largest absolute Gasteiger partial charge is 0.383 e. The lowest BCUT2D eigenvalue weighted by atomic mass is 10.0. The third-order valence-electron chi connectivity index (χ3n) is 3.19. The van der Waals surface area contributed by atoms with E-state index in [1.165, 1.54) is 4.57 Å². The summed E-state index contributed by atoms with van der Waals surface area (Å²) >= 11 is 0. The molecule has 1 aromatic heterocycles. The van der Waals surface area contributed by atoms with Gasteiger partial charge >= 0.3 is 0 Å². The highest BCUT2D eigenvalue weighted by Gasteiger charge is 2.33. The Morgan fingerprint density at radius 2 is 2.26 bits per heavy atom. The number of rotatable bonds is 5. The zero-order valence-corrected chi connectivity index (χ0v) is 12.3. The molecule has 0 aromatic carbocycles. The van der Waals surface area contributed by atoms with Crippen LogP contribution >= 0.6 is 10.7 Å². The molecular weight excluding hydrogens is 294 g/mol. The highest BCUT2D eigenvalue weighted by Crippen LogP contribution is 2.31. The normalized spacial score (nSPS) is 23.9. The van der Waals surface area contributed by atoms with Gasteiger partial charge in [-0.3, -0.25) is 4.57 Å². The molecule has 0 amide bonds. The van der Waals surface area contributed by atoms with Crippen LogP contribution in [-0.4, -0.2) is 49.6 Å². The van der Waals surface area contributed by atoms with E-state index in [0.717, 1.165) is 6.42 Å². The molecule has 0 N–H and O–H groups in total. The van der Waals surface area contributed by atoms with Crippen LogP contribution in [0.5, 0.6) is 0 Å². The van der Waals surface area contributed by atoms with E-state index >= 15 is 0 Å². The molecule has 1 aliphatic heterocycles. The van der Waals surface area contributed by atoms with Crippen LogP contribution in [-0.2, 0) is 25.1 Å². The maximum Gasteiger partial charge on any atom is 0.296 e. The molecule has 1 aromatic rings. The molecule has 2 heterocycles. The van der Waals surface area contributed by atoms with Crippen LogP contribution in [0.3, 0.4) is 0 Å². The van der Waals surface area contributed by atoms with Gasteiger partial charge in [-0.05, 0) is 13.3 Å². The number of aromatic nitrogens is 3. The van der Waals surface area contributed by atoms with E-state index in [0.29, 0.717) is 25.6 Å². The van der Waals surface area contributed by atoms with Crippen molar-refractivity contribution in [3.8, 4) is 0 Å². The average Bonchev–Trinajstić information content (AvgIpc) is 2.90. The summed E-state index contributed by atoms with van der Waals surface area (Å²) in [5.41, 5.74) is 0.